The standard InChI is InChI=1S/C24H20P.2BrH.Cu/c1-5-13-21(14-6-1)25(22-15-7-2-8-16-22,23-17-9-3-10-18-23)24-19-11-4-12-20-24;;;/h1-20H;2*1H;/q+1;;;+2/p-2. The fourth-order valence-electron chi connectivity index (χ4n) is 3.50. The number of rotatable bonds is 4. The van der Waals surface area contributed by atoms with Crippen molar-refractivity contribution >= 4 is 56.7 Å². The Kier molecular flexibility index (Phi) is 8.52. The first-order valence-corrected chi connectivity index (χ1v) is 15.2. The fraction of sp³-hybridized carbons (Fsp3) is 0. The summed E-state index contributed by atoms with van der Waals surface area (Å²) in [4.78, 5) is 0. The van der Waals surface area contributed by atoms with Crippen LogP contribution in [-0.4, -0.2) is 0 Å². The van der Waals surface area contributed by atoms with Crippen molar-refractivity contribution in [3.8, 4) is 0 Å². The molecular weight excluding hydrogens is 543 g/mol. The van der Waals surface area contributed by atoms with Crippen molar-refractivity contribution < 1.29 is 11.3 Å². The van der Waals surface area contributed by atoms with E-state index in [4.69, 9.17) is 0 Å². The summed E-state index contributed by atoms with van der Waals surface area (Å²) in [5.41, 5.74) is 0. The summed E-state index contributed by atoms with van der Waals surface area (Å²) in [6, 6.07) is 43.8. The van der Waals surface area contributed by atoms with Gasteiger partial charge in [0.25, 0.3) is 0 Å². The van der Waals surface area contributed by atoms with Crippen LogP contribution < -0.4 is 21.2 Å². The van der Waals surface area contributed by atoms with Gasteiger partial charge in [0, 0.05) is 0 Å². The molecule has 0 spiro atoms. The predicted molar refractivity (Wildman–Crippen MR) is 129 cm³/mol. The molecule has 4 aromatic carbocycles. The molecule has 0 unspecified atom stereocenters. The number of benzene rings is 4. The van der Waals surface area contributed by atoms with Gasteiger partial charge >= 0.3 is 39.6 Å². The van der Waals surface area contributed by atoms with Gasteiger partial charge < -0.3 is 0 Å². The first kappa shape index (κ1) is 21.5. The Morgan fingerprint density at radius 2 is 0.571 bits per heavy atom. The Morgan fingerprint density at radius 3 is 0.750 bits per heavy atom. The van der Waals surface area contributed by atoms with Gasteiger partial charge in [-0.2, -0.15) is 0 Å². The van der Waals surface area contributed by atoms with Crippen molar-refractivity contribution in [2.45, 2.75) is 0 Å². The maximum absolute atomic E-state index is 2.97. The maximum Gasteiger partial charge on any atom is 0.144 e. The van der Waals surface area contributed by atoms with Crippen molar-refractivity contribution in [1.82, 2.24) is 0 Å². The Balaban J connectivity index is 0.000000706. The summed E-state index contributed by atoms with van der Waals surface area (Å²) in [5.74, 6) is 0. The first-order chi connectivity index (χ1) is 13.8. The van der Waals surface area contributed by atoms with E-state index < -0.39 is 7.26 Å². The molecule has 4 rings (SSSR count). The third kappa shape index (κ3) is 4.67. The van der Waals surface area contributed by atoms with Crippen molar-refractivity contribution in [3.63, 3.8) is 0 Å². The maximum atomic E-state index is 2.97. The van der Waals surface area contributed by atoms with Crippen LogP contribution in [0.4, 0.5) is 0 Å². The summed E-state index contributed by atoms with van der Waals surface area (Å²) in [6.45, 7) is 0. The van der Waals surface area contributed by atoms with E-state index in [0.717, 1.165) is 0 Å². The third-order valence-corrected chi connectivity index (χ3v) is 8.86. The van der Waals surface area contributed by atoms with Crippen molar-refractivity contribution in [1.29, 1.82) is 0 Å². The molecule has 145 valence electrons. The van der Waals surface area contributed by atoms with Crippen LogP contribution in [0.2, 0.25) is 0 Å². The molecule has 0 aliphatic rings. The Bertz CT molecular complexity index is 785. The smallest absolute Gasteiger partial charge is 0.0620 e. The first-order valence-electron chi connectivity index (χ1n) is 8.77. The van der Waals surface area contributed by atoms with Gasteiger partial charge in [-0.15, -0.1) is 0 Å². The molecule has 0 heterocycles. The molecule has 0 fully saturated rings. The van der Waals surface area contributed by atoms with Crippen molar-refractivity contribution in [2.24, 2.45) is 0 Å². The van der Waals surface area contributed by atoms with Gasteiger partial charge in [0.15, 0.2) is 0 Å². The molecule has 0 bridgehead atoms. The van der Waals surface area contributed by atoms with E-state index in [1.54, 1.807) is 0 Å². The van der Waals surface area contributed by atoms with Crippen LogP contribution in [0.3, 0.4) is 0 Å². The Hall–Kier alpha value is -1.21. The molecule has 0 N–H and O–H groups in total. The summed E-state index contributed by atoms with van der Waals surface area (Å²) >= 11 is 7.38. The van der Waals surface area contributed by atoms with Crippen LogP contribution in [0, 0.1) is 0 Å². The zero-order valence-corrected chi connectivity index (χ0v) is 20.1. The minimum atomic E-state index is -1.91. The molecule has 0 aliphatic heterocycles. The molecule has 4 aromatic rings. The van der Waals surface area contributed by atoms with Crippen molar-refractivity contribution in [3.05, 3.63) is 121 Å². The van der Waals surface area contributed by atoms with E-state index >= 15 is 0 Å². The summed E-state index contributed by atoms with van der Waals surface area (Å²) in [5, 5.41) is 5.55. The summed E-state index contributed by atoms with van der Waals surface area (Å²) < 4.78 is 0. The van der Waals surface area contributed by atoms with Gasteiger partial charge in [0.05, 0.1) is 0 Å². The van der Waals surface area contributed by atoms with Crippen LogP contribution in [0.1, 0.15) is 0 Å². The van der Waals surface area contributed by atoms with Crippen LogP contribution in [0.25, 0.3) is 0 Å². The van der Waals surface area contributed by atoms with E-state index in [0.29, 0.717) is 0 Å². The number of hydrogen-bond donors (Lipinski definition) is 0. The molecule has 28 heavy (non-hydrogen) atoms. The van der Waals surface area contributed by atoms with Gasteiger partial charge in [-0.1, -0.05) is 72.8 Å². The minimum absolute atomic E-state index is 1.39. The predicted octanol–water partition coefficient (Wildman–Crippen LogP) is 5.99. The zero-order valence-electron chi connectivity index (χ0n) is 15.1. The van der Waals surface area contributed by atoms with Crippen LogP contribution in [-0.2, 0) is 11.3 Å². The molecular formula is C24H20Br2CuP+. The van der Waals surface area contributed by atoms with Crippen molar-refractivity contribution in [2.75, 3.05) is 0 Å². The van der Waals surface area contributed by atoms with Gasteiger partial charge in [-0.25, -0.2) is 0 Å². The van der Waals surface area contributed by atoms with Crippen LogP contribution in [0.15, 0.2) is 121 Å². The third-order valence-electron chi connectivity index (χ3n) is 4.57. The summed E-state index contributed by atoms with van der Waals surface area (Å²) in [7, 11) is -1.91. The topological polar surface area (TPSA) is 0 Å². The molecule has 0 aliphatic carbocycles. The second-order valence-corrected chi connectivity index (χ2v) is 14.2. The normalized spacial score (nSPS) is 10.8. The van der Waals surface area contributed by atoms with E-state index in [-0.39, 0.29) is 0 Å². The van der Waals surface area contributed by atoms with Crippen LogP contribution >= 0.6 is 35.5 Å². The minimum Gasteiger partial charge on any atom is -0.0620 e. The quantitative estimate of drug-likeness (QED) is 0.212. The Labute approximate surface area is 188 Å². The van der Waals surface area contributed by atoms with Gasteiger partial charge in [0.1, 0.15) is 28.5 Å². The van der Waals surface area contributed by atoms with E-state index in [2.05, 4.69) is 150 Å². The van der Waals surface area contributed by atoms with Gasteiger partial charge in [-0.3, -0.25) is 0 Å². The van der Waals surface area contributed by atoms with E-state index in [1.165, 1.54) is 32.6 Å². The molecule has 0 amide bonds. The summed E-state index contributed by atoms with van der Waals surface area (Å²) in [6.07, 6.45) is 0. The molecule has 0 aromatic heterocycles. The SMILES string of the molecule is [Br][Cu][Br].c1ccc([P+](c2ccccc2)(c2ccccc2)c2ccccc2)cc1. The number of hydrogen-bond acceptors (Lipinski definition) is 0. The average Bonchev–Trinajstić information content (AvgIpc) is 2.78. The monoisotopic (exact) mass is 560 g/mol. The zero-order chi connectivity index (χ0) is 19.7. The van der Waals surface area contributed by atoms with Crippen LogP contribution in [0.5, 0.6) is 0 Å². The molecule has 0 nitrogen and oxygen atoms in total. The molecule has 0 saturated carbocycles. The van der Waals surface area contributed by atoms with E-state index in [1.807, 2.05) is 0 Å². The molecule has 4 heteroatoms. The average molecular weight is 563 g/mol. The largest absolute Gasteiger partial charge is 0.144 e. The fourth-order valence-corrected chi connectivity index (χ4v) is 7.77. The number of halogens is 2. The van der Waals surface area contributed by atoms with Gasteiger partial charge in [0.2, 0.25) is 0 Å². The second kappa shape index (κ2) is 11.1. The van der Waals surface area contributed by atoms with Gasteiger partial charge in [-0.05, 0) is 48.5 Å². The molecule has 0 radical (unpaired) electrons. The Morgan fingerprint density at radius 1 is 0.393 bits per heavy atom. The second-order valence-electron chi connectivity index (χ2n) is 6.06. The molecule has 0 saturated heterocycles. The van der Waals surface area contributed by atoms with E-state index in [9.17, 15) is 0 Å². The molecule has 0 atom stereocenters.